The van der Waals surface area contributed by atoms with Gasteiger partial charge in [-0.25, -0.2) is 0 Å². The Hall–Kier alpha value is -1.97. The Kier molecular flexibility index (Phi) is 5.47. The van der Waals surface area contributed by atoms with Gasteiger partial charge in [0.1, 0.15) is 0 Å². The molecule has 0 fully saturated rings. The molecule has 2 aromatic carbocycles. The number of benzene rings is 2. The summed E-state index contributed by atoms with van der Waals surface area (Å²) in [6, 6.07) is 18.2. The lowest BCUT2D eigenvalue weighted by molar-refractivity contribution is -0.0683. The monoisotopic (exact) mass is 298 g/mol. The van der Waals surface area contributed by atoms with Gasteiger partial charge in [0, 0.05) is 5.56 Å². The summed E-state index contributed by atoms with van der Waals surface area (Å²) in [6.07, 6.45) is 0. The van der Waals surface area contributed by atoms with Crippen LogP contribution >= 0.6 is 0 Å². The van der Waals surface area contributed by atoms with Crippen LogP contribution in [-0.4, -0.2) is 24.1 Å². The quantitative estimate of drug-likeness (QED) is 0.797. The summed E-state index contributed by atoms with van der Waals surface area (Å²) in [5, 5.41) is 10.0. The number of aliphatic hydroxyl groups excluding tert-OH is 1. The molecule has 0 aliphatic rings. The Bertz CT molecular complexity index is 593. The Labute approximate surface area is 131 Å². The molecule has 2 aromatic rings. The van der Waals surface area contributed by atoms with Crippen molar-refractivity contribution in [3.63, 3.8) is 0 Å². The molecule has 1 unspecified atom stereocenters. The second-order valence-electron chi connectivity index (χ2n) is 5.75. The third-order valence-corrected chi connectivity index (χ3v) is 3.53. The summed E-state index contributed by atoms with van der Waals surface area (Å²) >= 11 is 0. The molecule has 0 spiro atoms. The van der Waals surface area contributed by atoms with E-state index in [0.29, 0.717) is 17.7 Å². The van der Waals surface area contributed by atoms with E-state index in [0.717, 1.165) is 0 Å². The van der Waals surface area contributed by atoms with Crippen molar-refractivity contribution in [3.05, 3.63) is 71.8 Å². The third kappa shape index (κ3) is 3.43. The Morgan fingerprint density at radius 2 is 1.59 bits per heavy atom. The van der Waals surface area contributed by atoms with E-state index in [9.17, 15) is 9.90 Å². The highest BCUT2D eigenvalue weighted by Crippen LogP contribution is 2.30. The molecule has 3 nitrogen and oxygen atoms in total. The second-order valence-corrected chi connectivity index (χ2v) is 5.75. The summed E-state index contributed by atoms with van der Waals surface area (Å²) in [5.74, 6) is 0.0423. The molecule has 2 rings (SSSR count). The number of hydrogen-bond donors (Lipinski definition) is 1. The van der Waals surface area contributed by atoms with Crippen LogP contribution in [0.25, 0.3) is 0 Å². The second kappa shape index (κ2) is 7.34. The van der Waals surface area contributed by atoms with E-state index < -0.39 is 12.2 Å². The van der Waals surface area contributed by atoms with Crippen LogP contribution < -0.4 is 0 Å². The molecule has 0 aliphatic heterocycles. The predicted octanol–water partition coefficient (Wildman–Crippen LogP) is 3.43. The van der Waals surface area contributed by atoms with Crippen molar-refractivity contribution in [2.75, 3.05) is 13.2 Å². The number of ether oxygens (including phenoxy) is 1. The van der Waals surface area contributed by atoms with Gasteiger partial charge in [0.05, 0.1) is 13.2 Å². The minimum atomic E-state index is -1.35. The fourth-order valence-electron chi connectivity index (χ4n) is 2.33. The average Bonchev–Trinajstić information content (AvgIpc) is 2.57. The van der Waals surface area contributed by atoms with Crippen LogP contribution in [0.3, 0.4) is 0 Å². The van der Waals surface area contributed by atoms with Crippen molar-refractivity contribution in [2.45, 2.75) is 19.4 Å². The fraction of sp³-hybridized carbons (Fsp3) is 0.316. The minimum absolute atomic E-state index is 0.220. The van der Waals surface area contributed by atoms with E-state index in [4.69, 9.17) is 4.74 Å². The molecule has 116 valence electrons. The van der Waals surface area contributed by atoms with Crippen LogP contribution in [0.5, 0.6) is 0 Å². The van der Waals surface area contributed by atoms with Gasteiger partial charge >= 0.3 is 0 Å². The van der Waals surface area contributed by atoms with Gasteiger partial charge in [0.25, 0.3) is 0 Å². The standard InChI is InChI=1S/C19H22O3/c1-15(2)13-22-19(14-20,17-11-7-4-8-12-17)18(21)16-9-5-3-6-10-16/h3-12,15,20H,13-14H2,1-2H3. The predicted molar refractivity (Wildman–Crippen MR) is 86.8 cm³/mol. The third-order valence-electron chi connectivity index (χ3n) is 3.53. The Morgan fingerprint density at radius 3 is 2.09 bits per heavy atom. The molecular weight excluding hydrogens is 276 g/mol. The average molecular weight is 298 g/mol. The first-order valence-corrected chi connectivity index (χ1v) is 7.50. The number of ketones is 1. The van der Waals surface area contributed by atoms with Crippen molar-refractivity contribution in [1.29, 1.82) is 0 Å². The highest BCUT2D eigenvalue weighted by molar-refractivity contribution is 6.03. The van der Waals surface area contributed by atoms with E-state index in [2.05, 4.69) is 0 Å². The van der Waals surface area contributed by atoms with Crippen LogP contribution in [-0.2, 0) is 10.3 Å². The van der Waals surface area contributed by atoms with E-state index in [1.807, 2.05) is 62.4 Å². The van der Waals surface area contributed by atoms with Crippen LogP contribution in [0.1, 0.15) is 29.8 Å². The normalized spacial score (nSPS) is 13.8. The number of rotatable bonds is 7. The first-order valence-electron chi connectivity index (χ1n) is 7.50. The van der Waals surface area contributed by atoms with Gasteiger partial charge in [-0.2, -0.15) is 0 Å². The highest BCUT2D eigenvalue weighted by atomic mass is 16.5. The van der Waals surface area contributed by atoms with E-state index in [1.54, 1.807) is 12.1 Å². The smallest absolute Gasteiger partial charge is 0.201 e. The first-order chi connectivity index (χ1) is 10.6. The van der Waals surface area contributed by atoms with Crippen LogP contribution in [0.15, 0.2) is 60.7 Å². The summed E-state index contributed by atoms with van der Waals surface area (Å²) in [7, 11) is 0. The molecule has 0 aliphatic carbocycles. The topological polar surface area (TPSA) is 46.5 Å². The number of aliphatic hydroxyl groups is 1. The molecule has 0 bridgehead atoms. The van der Waals surface area contributed by atoms with Crippen molar-refractivity contribution in [2.24, 2.45) is 5.92 Å². The lowest BCUT2D eigenvalue weighted by atomic mass is 9.86. The molecule has 0 saturated carbocycles. The van der Waals surface area contributed by atoms with Gasteiger partial charge in [0.2, 0.25) is 5.78 Å². The lowest BCUT2D eigenvalue weighted by Crippen LogP contribution is -2.43. The van der Waals surface area contributed by atoms with E-state index >= 15 is 0 Å². The van der Waals surface area contributed by atoms with Gasteiger partial charge in [-0.15, -0.1) is 0 Å². The SMILES string of the molecule is CC(C)COC(CO)(C(=O)c1ccccc1)c1ccccc1. The maximum Gasteiger partial charge on any atom is 0.201 e. The van der Waals surface area contributed by atoms with Gasteiger partial charge in [-0.05, 0) is 11.5 Å². The Morgan fingerprint density at radius 1 is 1.05 bits per heavy atom. The van der Waals surface area contributed by atoms with Gasteiger partial charge in [-0.1, -0.05) is 74.5 Å². The van der Waals surface area contributed by atoms with Gasteiger partial charge in [-0.3, -0.25) is 4.79 Å². The first kappa shape index (κ1) is 16.4. The lowest BCUT2D eigenvalue weighted by Gasteiger charge is -2.32. The zero-order valence-electron chi connectivity index (χ0n) is 13.0. The Balaban J connectivity index is 2.46. The van der Waals surface area contributed by atoms with Crippen LogP contribution in [0, 0.1) is 5.92 Å². The molecule has 22 heavy (non-hydrogen) atoms. The molecule has 0 aromatic heterocycles. The summed E-state index contributed by atoms with van der Waals surface area (Å²) in [4.78, 5) is 13.0. The molecule has 0 amide bonds. The van der Waals surface area contributed by atoms with Crippen LogP contribution in [0.4, 0.5) is 0 Å². The molecule has 0 saturated heterocycles. The number of carbonyl (C=O) groups is 1. The maximum atomic E-state index is 13.0. The van der Waals surface area contributed by atoms with E-state index in [1.165, 1.54) is 0 Å². The van der Waals surface area contributed by atoms with Crippen molar-refractivity contribution in [3.8, 4) is 0 Å². The summed E-state index contributed by atoms with van der Waals surface area (Å²) in [6.45, 7) is 4.03. The van der Waals surface area contributed by atoms with Crippen molar-refractivity contribution in [1.82, 2.24) is 0 Å². The van der Waals surface area contributed by atoms with Gasteiger partial charge < -0.3 is 9.84 Å². The summed E-state index contributed by atoms with van der Waals surface area (Å²) < 4.78 is 5.94. The molecule has 0 heterocycles. The molecular formula is C19H22O3. The molecule has 0 radical (unpaired) electrons. The van der Waals surface area contributed by atoms with Crippen LogP contribution in [0.2, 0.25) is 0 Å². The molecule has 1 N–H and O–H groups in total. The highest BCUT2D eigenvalue weighted by Gasteiger charge is 2.41. The number of Topliss-reactive ketones (excluding diaryl/α,β-unsaturated/α-hetero) is 1. The maximum absolute atomic E-state index is 13.0. The zero-order chi connectivity index (χ0) is 16.0. The summed E-state index contributed by atoms with van der Waals surface area (Å²) in [5.41, 5.74) is -0.150. The zero-order valence-corrected chi connectivity index (χ0v) is 13.0. The van der Waals surface area contributed by atoms with E-state index in [-0.39, 0.29) is 11.7 Å². The number of carbonyl (C=O) groups excluding carboxylic acids is 1. The van der Waals surface area contributed by atoms with Crippen molar-refractivity contribution >= 4 is 5.78 Å². The molecule has 1 atom stereocenters. The fourth-order valence-corrected chi connectivity index (χ4v) is 2.33. The van der Waals surface area contributed by atoms with Crippen molar-refractivity contribution < 1.29 is 14.6 Å². The minimum Gasteiger partial charge on any atom is -0.392 e. The largest absolute Gasteiger partial charge is 0.392 e. The molecule has 3 heteroatoms. The van der Waals surface area contributed by atoms with Gasteiger partial charge in [0.15, 0.2) is 5.60 Å². The number of hydrogen-bond acceptors (Lipinski definition) is 3.